The van der Waals surface area contributed by atoms with Crippen molar-refractivity contribution < 1.29 is 4.74 Å². The Morgan fingerprint density at radius 1 is 1.39 bits per heavy atom. The fraction of sp³-hybridized carbons (Fsp3) is 0.692. The van der Waals surface area contributed by atoms with Crippen molar-refractivity contribution in [1.29, 1.82) is 0 Å². The maximum Gasteiger partial charge on any atom is 0.144 e. The quantitative estimate of drug-likeness (QED) is 0.764. The van der Waals surface area contributed by atoms with Gasteiger partial charge < -0.3 is 10.1 Å². The van der Waals surface area contributed by atoms with Crippen molar-refractivity contribution in [3.8, 4) is 0 Å². The van der Waals surface area contributed by atoms with Crippen molar-refractivity contribution in [2.75, 3.05) is 32.6 Å². The van der Waals surface area contributed by atoms with Gasteiger partial charge in [-0.05, 0) is 13.3 Å². The number of nitrogens with one attached hydrogen (secondary N) is 1. The number of anilines is 1. The van der Waals surface area contributed by atoms with Crippen LogP contribution in [0.3, 0.4) is 0 Å². The molecule has 1 N–H and O–H groups in total. The molecule has 0 aliphatic heterocycles. The fourth-order valence-electron chi connectivity index (χ4n) is 1.70. The van der Waals surface area contributed by atoms with Crippen LogP contribution in [0.25, 0.3) is 0 Å². The van der Waals surface area contributed by atoms with E-state index in [0.717, 1.165) is 37.6 Å². The second-order valence-electron chi connectivity index (χ2n) is 4.36. The van der Waals surface area contributed by atoms with Crippen LogP contribution in [0.4, 0.5) is 5.82 Å². The molecule has 0 radical (unpaired) electrons. The van der Waals surface area contributed by atoms with E-state index in [1.165, 1.54) is 0 Å². The second-order valence-corrected chi connectivity index (χ2v) is 4.36. The van der Waals surface area contributed by atoms with Crippen LogP contribution in [0.5, 0.6) is 0 Å². The first-order chi connectivity index (χ1) is 8.71. The van der Waals surface area contributed by atoms with Gasteiger partial charge in [-0.2, -0.15) is 0 Å². The van der Waals surface area contributed by atoms with Gasteiger partial charge in [-0.25, -0.2) is 4.98 Å². The van der Waals surface area contributed by atoms with Crippen LogP contribution in [0, 0.1) is 0 Å². The van der Waals surface area contributed by atoms with Crippen LogP contribution in [-0.4, -0.2) is 48.2 Å². The van der Waals surface area contributed by atoms with Crippen molar-refractivity contribution in [3.05, 3.63) is 18.1 Å². The molecule has 1 rings (SSSR count). The van der Waals surface area contributed by atoms with Crippen molar-refractivity contribution in [1.82, 2.24) is 14.9 Å². The lowest BCUT2D eigenvalue weighted by Gasteiger charge is -2.27. The van der Waals surface area contributed by atoms with Gasteiger partial charge in [0.25, 0.3) is 0 Å². The summed E-state index contributed by atoms with van der Waals surface area (Å²) in [5, 5.41) is 2.97. The van der Waals surface area contributed by atoms with Gasteiger partial charge in [-0.1, -0.05) is 6.92 Å². The monoisotopic (exact) mass is 252 g/mol. The molecule has 0 fully saturated rings. The second kappa shape index (κ2) is 8.00. The summed E-state index contributed by atoms with van der Waals surface area (Å²) in [6.45, 7) is 6.90. The first kappa shape index (κ1) is 14.9. The molecule has 0 aliphatic carbocycles. The van der Waals surface area contributed by atoms with Crippen molar-refractivity contribution in [2.24, 2.45) is 0 Å². The molecule has 0 amide bonds. The zero-order valence-corrected chi connectivity index (χ0v) is 11.8. The highest BCUT2D eigenvalue weighted by Crippen LogP contribution is 2.09. The molecule has 18 heavy (non-hydrogen) atoms. The molecule has 1 aromatic heterocycles. The molecule has 0 aliphatic rings. The summed E-state index contributed by atoms with van der Waals surface area (Å²) in [4.78, 5) is 11.1. The average Bonchev–Trinajstić information content (AvgIpc) is 2.43. The van der Waals surface area contributed by atoms with Crippen molar-refractivity contribution in [3.63, 3.8) is 0 Å². The fourth-order valence-corrected chi connectivity index (χ4v) is 1.70. The van der Waals surface area contributed by atoms with Crippen LogP contribution in [0.15, 0.2) is 12.4 Å². The zero-order valence-electron chi connectivity index (χ0n) is 11.8. The molecule has 1 atom stereocenters. The van der Waals surface area contributed by atoms with Crippen molar-refractivity contribution >= 4 is 5.82 Å². The highest BCUT2D eigenvalue weighted by atomic mass is 16.5. The molecule has 5 heteroatoms. The predicted molar refractivity (Wildman–Crippen MR) is 73.6 cm³/mol. The van der Waals surface area contributed by atoms with E-state index in [9.17, 15) is 0 Å². The van der Waals surface area contributed by atoms with Gasteiger partial charge in [0.05, 0.1) is 24.7 Å². The van der Waals surface area contributed by atoms with E-state index >= 15 is 0 Å². The standard InChI is InChI=1S/C13H24N4O/c1-5-11(2)17(6-7-18-4)10-12-8-16-13(14-3)9-15-12/h8-9,11H,5-7,10H2,1-4H3,(H,14,16). The molecule has 0 saturated heterocycles. The highest BCUT2D eigenvalue weighted by molar-refractivity contribution is 5.29. The Morgan fingerprint density at radius 2 is 2.17 bits per heavy atom. The van der Waals surface area contributed by atoms with Gasteiger partial charge in [-0.15, -0.1) is 0 Å². The molecule has 0 bridgehead atoms. The summed E-state index contributed by atoms with van der Waals surface area (Å²) in [7, 11) is 3.57. The molecule has 102 valence electrons. The van der Waals surface area contributed by atoms with Gasteiger partial charge >= 0.3 is 0 Å². The third-order valence-corrected chi connectivity index (χ3v) is 3.12. The Kier molecular flexibility index (Phi) is 6.60. The highest BCUT2D eigenvalue weighted by Gasteiger charge is 2.13. The Hall–Kier alpha value is -1.20. The number of rotatable bonds is 8. The summed E-state index contributed by atoms with van der Waals surface area (Å²) in [6, 6.07) is 0.519. The summed E-state index contributed by atoms with van der Waals surface area (Å²) >= 11 is 0. The smallest absolute Gasteiger partial charge is 0.144 e. The predicted octanol–water partition coefficient (Wildman–Crippen LogP) is 1.77. The van der Waals surface area contributed by atoms with Crippen LogP contribution < -0.4 is 5.32 Å². The lowest BCUT2D eigenvalue weighted by atomic mass is 10.2. The van der Waals surface area contributed by atoms with Crippen molar-refractivity contribution in [2.45, 2.75) is 32.9 Å². The Labute approximate surface area is 110 Å². The van der Waals surface area contributed by atoms with E-state index in [0.29, 0.717) is 6.04 Å². The lowest BCUT2D eigenvalue weighted by Crippen LogP contribution is -2.35. The van der Waals surface area contributed by atoms with E-state index < -0.39 is 0 Å². The minimum absolute atomic E-state index is 0.519. The zero-order chi connectivity index (χ0) is 13.4. The molecule has 1 heterocycles. The number of ether oxygens (including phenoxy) is 1. The van der Waals surface area contributed by atoms with Gasteiger partial charge in [0.2, 0.25) is 0 Å². The molecular formula is C13H24N4O. The van der Waals surface area contributed by atoms with E-state index in [-0.39, 0.29) is 0 Å². The van der Waals surface area contributed by atoms with E-state index in [1.54, 1.807) is 13.3 Å². The largest absolute Gasteiger partial charge is 0.383 e. The molecule has 0 aromatic carbocycles. The van der Waals surface area contributed by atoms with E-state index in [2.05, 4.69) is 34.0 Å². The molecular weight excluding hydrogens is 228 g/mol. The van der Waals surface area contributed by atoms with Gasteiger partial charge in [0.1, 0.15) is 5.82 Å². The normalized spacial score (nSPS) is 12.7. The summed E-state index contributed by atoms with van der Waals surface area (Å²) in [6.07, 6.45) is 4.71. The van der Waals surface area contributed by atoms with Crippen LogP contribution in [-0.2, 0) is 11.3 Å². The lowest BCUT2D eigenvalue weighted by molar-refractivity contribution is 0.117. The van der Waals surface area contributed by atoms with Gasteiger partial charge in [-0.3, -0.25) is 9.88 Å². The first-order valence-electron chi connectivity index (χ1n) is 6.42. The summed E-state index contributed by atoms with van der Waals surface area (Å²) < 4.78 is 5.15. The number of aromatic nitrogens is 2. The number of nitrogens with zero attached hydrogens (tertiary/aromatic N) is 3. The van der Waals surface area contributed by atoms with Gasteiger partial charge in [0.15, 0.2) is 0 Å². The average molecular weight is 252 g/mol. The number of methoxy groups -OCH3 is 1. The molecule has 1 unspecified atom stereocenters. The minimum Gasteiger partial charge on any atom is -0.383 e. The Morgan fingerprint density at radius 3 is 2.67 bits per heavy atom. The van der Waals surface area contributed by atoms with E-state index in [4.69, 9.17) is 4.74 Å². The van der Waals surface area contributed by atoms with Crippen LogP contribution in [0.1, 0.15) is 26.0 Å². The summed E-state index contributed by atoms with van der Waals surface area (Å²) in [5.74, 6) is 0.797. The van der Waals surface area contributed by atoms with Crippen LogP contribution in [0.2, 0.25) is 0 Å². The van der Waals surface area contributed by atoms with Gasteiger partial charge in [0, 0.05) is 33.3 Å². The molecule has 1 aromatic rings. The third kappa shape index (κ3) is 4.58. The van der Waals surface area contributed by atoms with Crippen LogP contribution >= 0.6 is 0 Å². The Balaban J connectivity index is 2.62. The third-order valence-electron chi connectivity index (χ3n) is 3.12. The molecule has 0 spiro atoms. The maximum absolute atomic E-state index is 5.15. The number of hydrogen-bond donors (Lipinski definition) is 1. The van der Waals surface area contributed by atoms with E-state index in [1.807, 2.05) is 13.2 Å². The summed E-state index contributed by atoms with van der Waals surface area (Å²) in [5.41, 5.74) is 0.991. The molecule has 0 saturated carbocycles. The number of hydrogen-bond acceptors (Lipinski definition) is 5. The Bertz CT molecular complexity index is 328. The first-order valence-corrected chi connectivity index (χ1v) is 6.42. The maximum atomic E-state index is 5.15. The molecule has 5 nitrogen and oxygen atoms in total. The SMILES string of the molecule is CCC(C)N(CCOC)Cc1cnc(NC)cn1. The topological polar surface area (TPSA) is 50.3 Å². The minimum atomic E-state index is 0.519.